The predicted octanol–water partition coefficient (Wildman–Crippen LogP) is 2.04. The summed E-state index contributed by atoms with van der Waals surface area (Å²) in [6.45, 7) is 7.09. The lowest BCUT2D eigenvalue weighted by molar-refractivity contribution is -0.145. The van der Waals surface area contributed by atoms with E-state index in [2.05, 4.69) is 5.32 Å². The number of nitrogens with zero attached hydrogens (tertiary/aromatic N) is 1. The van der Waals surface area contributed by atoms with Gasteiger partial charge in [-0.1, -0.05) is 51.1 Å². The van der Waals surface area contributed by atoms with Crippen molar-refractivity contribution in [2.75, 3.05) is 0 Å². The van der Waals surface area contributed by atoms with Crippen molar-refractivity contribution in [2.24, 2.45) is 5.92 Å². The zero-order valence-corrected chi connectivity index (χ0v) is 14.7. The predicted molar refractivity (Wildman–Crippen MR) is 91.1 cm³/mol. The Kier molecular flexibility index (Phi) is 7.42. The molecule has 0 spiro atoms. The number of carboxylic acid groups (broad SMARTS) is 1. The van der Waals surface area contributed by atoms with E-state index in [1.807, 2.05) is 44.2 Å². The summed E-state index contributed by atoms with van der Waals surface area (Å²) in [6.07, 6.45) is 0.282. The molecular formula is C18H26N2O4. The summed E-state index contributed by atoms with van der Waals surface area (Å²) in [7, 11) is 0. The van der Waals surface area contributed by atoms with E-state index in [1.54, 1.807) is 6.92 Å². The van der Waals surface area contributed by atoms with Gasteiger partial charge in [0, 0.05) is 13.5 Å². The average molecular weight is 334 g/mol. The molecule has 2 atom stereocenters. The number of aliphatic carboxylic acids is 1. The van der Waals surface area contributed by atoms with Crippen molar-refractivity contribution < 1.29 is 19.5 Å². The lowest BCUT2D eigenvalue weighted by Gasteiger charge is -2.33. The summed E-state index contributed by atoms with van der Waals surface area (Å²) < 4.78 is 0. The quantitative estimate of drug-likeness (QED) is 0.762. The van der Waals surface area contributed by atoms with Crippen molar-refractivity contribution >= 4 is 17.8 Å². The van der Waals surface area contributed by atoms with Gasteiger partial charge in [0.05, 0.1) is 0 Å². The number of hydrogen-bond donors (Lipinski definition) is 2. The van der Waals surface area contributed by atoms with Gasteiger partial charge in [-0.25, -0.2) is 4.79 Å². The molecule has 2 N–H and O–H groups in total. The standard InChI is InChI=1S/C18H26N2O4/c1-5-15(18(23)24)19-17(22)16(12(2)3)20(13(4)21)11-14-9-7-6-8-10-14/h6-10,12,15-16H,5,11H2,1-4H3,(H,19,22)(H,23,24). The highest BCUT2D eigenvalue weighted by Gasteiger charge is 2.33. The molecule has 24 heavy (non-hydrogen) atoms. The van der Waals surface area contributed by atoms with Gasteiger partial charge in [-0.3, -0.25) is 9.59 Å². The van der Waals surface area contributed by atoms with E-state index in [0.29, 0.717) is 6.54 Å². The molecule has 2 amide bonds. The molecular weight excluding hydrogens is 308 g/mol. The van der Waals surface area contributed by atoms with Crippen molar-refractivity contribution in [1.29, 1.82) is 0 Å². The first-order chi connectivity index (χ1) is 11.3. The Morgan fingerprint density at radius 1 is 1.17 bits per heavy atom. The maximum Gasteiger partial charge on any atom is 0.326 e. The van der Waals surface area contributed by atoms with Gasteiger partial charge in [0.15, 0.2) is 0 Å². The summed E-state index contributed by atoms with van der Waals surface area (Å²) in [5.74, 6) is -1.89. The fourth-order valence-electron chi connectivity index (χ4n) is 2.59. The second-order valence-electron chi connectivity index (χ2n) is 6.13. The van der Waals surface area contributed by atoms with Crippen LogP contribution in [0.15, 0.2) is 30.3 Å². The molecule has 0 saturated heterocycles. The molecule has 1 aromatic carbocycles. The number of carbonyl (C=O) groups is 3. The van der Waals surface area contributed by atoms with Crippen molar-refractivity contribution in [3.05, 3.63) is 35.9 Å². The minimum atomic E-state index is -1.08. The first-order valence-electron chi connectivity index (χ1n) is 8.12. The number of nitrogens with one attached hydrogen (secondary N) is 1. The fraction of sp³-hybridized carbons (Fsp3) is 0.500. The van der Waals surface area contributed by atoms with Crippen LogP contribution in [0.5, 0.6) is 0 Å². The molecule has 2 unspecified atom stereocenters. The summed E-state index contributed by atoms with van der Waals surface area (Å²) in [5.41, 5.74) is 0.913. The first kappa shape index (κ1) is 19.7. The van der Waals surface area contributed by atoms with E-state index in [0.717, 1.165) is 5.56 Å². The van der Waals surface area contributed by atoms with Gasteiger partial charge in [-0.15, -0.1) is 0 Å². The van der Waals surface area contributed by atoms with E-state index < -0.39 is 24.0 Å². The maximum absolute atomic E-state index is 12.6. The topological polar surface area (TPSA) is 86.7 Å². The largest absolute Gasteiger partial charge is 0.480 e. The normalized spacial score (nSPS) is 13.2. The molecule has 6 nitrogen and oxygen atoms in total. The summed E-state index contributed by atoms with van der Waals surface area (Å²) >= 11 is 0. The number of benzene rings is 1. The Labute approximate surface area is 142 Å². The van der Waals surface area contributed by atoms with Crippen molar-refractivity contribution in [3.63, 3.8) is 0 Å². The second kappa shape index (κ2) is 9.05. The van der Waals surface area contributed by atoms with Crippen LogP contribution >= 0.6 is 0 Å². The second-order valence-corrected chi connectivity index (χ2v) is 6.13. The number of amides is 2. The third kappa shape index (κ3) is 5.37. The lowest BCUT2D eigenvalue weighted by Crippen LogP contribution is -2.54. The third-order valence-corrected chi connectivity index (χ3v) is 3.86. The van der Waals surface area contributed by atoms with Gasteiger partial charge in [-0.05, 0) is 17.9 Å². The van der Waals surface area contributed by atoms with E-state index in [9.17, 15) is 14.4 Å². The Balaban J connectivity index is 3.02. The minimum absolute atomic E-state index is 0.149. The molecule has 0 heterocycles. The van der Waals surface area contributed by atoms with Crippen molar-refractivity contribution in [1.82, 2.24) is 10.2 Å². The van der Waals surface area contributed by atoms with Crippen LogP contribution in [0, 0.1) is 5.92 Å². The molecule has 1 rings (SSSR count). The molecule has 0 saturated carbocycles. The van der Waals surface area contributed by atoms with Crippen LogP contribution in [-0.4, -0.2) is 39.9 Å². The fourth-order valence-corrected chi connectivity index (χ4v) is 2.59. The molecule has 0 bridgehead atoms. The van der Waals surface area contributed by atoms with E-state index in [-0.39, 0.29) is 18.2 Å². The molecule has 0 aliphatic heterocycles. The summed E-state index contributed by atoms with van der Waals surface area (Å²) in [5, 5.41) is 11.7. The lowest BCUT2D eigenvalue weighted by atomic mass is 9.99. The van der Waals surface area contributed by atoms with Crippen LogP contribution in [0.3, 0.4) is 0 Å². The van der Waals surface area contributed by atoms with Gasteiger partial charge in [0.1, 0.15) is 12.1 Å². The van der Waals surface area contributed by atoms with Gasteiger partial charge >= 0.3 is 5.97 Å². The monoisotopic (exact) mass is 334 g/mol. The third-order valence-electron chi connectivity index (χ3n) is 3.86. The van der Waals surface area contributed by atoms with Crippen LogP contribution in [-0.2, 0) is 20.9 Å². The molecule has 0 fully saturated rings. The summed E-state index contributed by atoms with van der Waals surface area (Å²) in [4.78, 5) is 37.4. The van der Waals surface area contributed by atoms with E-state index >= 15 is 0 Å². The molecule has 0 aliphatic rings. The minimum Gasteiger partial charge on any atom is -0.480 e. The number of hydrogen-bond acceptors (Lipinski definition) is 3. The number of carbonyl (C=O) groups excluding carboxylic acids is 2. The summed E-state index contributed by atoms with van der Waals surface area (Å²) in [6, 6.07) is 7.72. The number of rotatable bonds is 8. The van der Waals surface area contributed by atoms with Crippen LogP contribution in [0.4, 0.5) is 0 Å². The first-order valence-corrected chi connectivity index (χ1v) is 8.12. The molecule has 6 heteroatoms. The van der Waals surface area contributed by atoms with Crippen molar-refractivity contribution in [3.8, 4) is 0 Å². The van der Waals surface area contributed by atoms with Gasteiger partial charge < -0.3 is 15.3 Å². The van der Waals surface area contributed by atoms with E-state index in [4.69, 9.17) is 5.11 Å². The Morgan fingerprint density at radius 3 is 2.17 bits per heavy atom. The van der Waals surface area contributed by atoms with Gasteiger partial charge in [-0.2, -0.15) is 0 Å². The van der Waals surface area contributed by atoms with Crippen LogP contribution < -0.4 is 5.32 Å². The van der Waals surface area contributed by atoms with Crippen molar-refractivity contribution in [2.45, 2.75) is 52.7 Å². The van der Waals surface area contributed by atoms with Crippen LogP contribution in [0.25, 0.3) is 0 Å². The molecule has 1 aromatic rings. The van der Waals surface area contributed by atoms with Gasteiger partial charge in [0.2, 0.25) is 11.8 Å². The average Bonchev–Trinajstić information content (AvgIpc) is 2.52. The highest BCUT2D eigenvalue weighted by Crippen LogP contribution is 2.16. The van der Waals surface area contributed by atoms with Crippen LogP contribution in [0.2, 0.25) is 0 Å². The zero-order valence-electron chi connectivity index (χ0n) is 14.7. The maximum atomic E-state index is 12.6. The molecule has 0 aliphatic carbocycles. The SMILES string of the molecule is CCC(NC(=O)C(C(C)C)N(Cc1ccccc1)C(C)=O)C(=O)O. The Bertz CT molecular complexity index is 572. The zero-order chi connectivity index (χ0) is 18.3. The highest BCUT2D eigenvalue weighted by atomic mass is 16.4. The van der Waals surface area contributed by atoms with Crippen LogP contribution in [0.1, 0.15) is 39.7 Å². The molecule has 132 valence electrons. The molecule has 0 radical (unpaired) electrons. The Hall–Kier alpha value is -2.37. The van der Waals surface area contributed by atoms with E-state index in [1.165, 1.54) is 11.8 Å². The van der Waals surface area contributed by atoms with Gasteiger partial charge in [0.25, 0.3) is 0 Å². The highest BCUT2D eigenvalue weighted by molar-refractivity contribution is 5.90. The smallest absolute Gasteiger partial charge is 0.326 e. The Morgan fingerprint density at radius 2 is 1.75 bits per heavy atom. The number of carboxylic acids is 1. The molecule has 0 aromatic heterocycles.